The van der Waals surface area contributed by atoms with Gasteiger partial charge in [-0.25, -0.2) is 9.07 Å². The number of amides is 1. The third-order valence-electron chi connectivity index (χ3n) is 4.60. The Morgan fingerprint density at radius 1 is 1.14 bits per heavy atom. The second kappa shape index (κ2) is 7.55. The number of hydrogen-bond acceptors (Lipinski definition) is 4. The highest BCUT2D eigenvalue weighted by Gasteiger charge is 2.11. The van der Waals surface area contributed by atoms with Gasteiger partial charge >= 0.3 is 0 Å². The van der Waals surface area contributed by atoms with Crippen LogP contribution in [0.25, 0.3) is 22.3 Å². The first-order valence-electron chi connectivity index (χ1n) is 8.92. The van der Waals surface area contributed by atoms with Gasteiger partial charge in [-0.1, -0.05) is 18.7 Å². The number of nitrogens with zero attached hydrogens (tertiary/aromatic N) is 3. The van der Waals surface area contributed by atoms with Crippen LogP contribution in [0, 0.1) is 5.82 Å². The van der Waals surface area contributed by atoms with Crippen LogP contribution >= 0.6 is 0 Å². The van der Waals surface area contributed by atoms with Crippen molar-refractivity contribution in [1.82, 2.24) is 20.1 Å². The fraction of sp³-hybridized carbons (Fsp3) is 0.0455. The Kier molecular flexibility index (Phi) is 4.78. The molecule has 0 atom stereocenters. The molecule has 3 N–H and O–H groups in total. The van der Waals surface area contributed by atoms with Gasteiger partial charge in [0.25, 0.3) is 0 Å². The van der Waals surface area contributed by atoms with Crippen LogP contribution in [0.15, 0.2) is 73.7 Å². The Labute approximate surface area is 166 Å². The summed E-state index contributed by atoms with van der Waals surface area (Å²) in [4.78, 5) is 15.4. The van der Waals surface area contributed by atoms with Crippen molar-refractivity contribution in [3.05, 3.63) is 96.2 Å². The monoisotopic (exact) mass is 387 g/mol. The molecule has 2 aromatic heterocycles. The van der Waals surface area contributed by atoms with E-state index < -0.39 is 5.91 Å². The van der Waals surface area contributed by atoms with Crippen LogP contribution < -0.4 is 11.1 Å². The molecule has 144 valence electrons. The number of pyridine rings is 1. The summed E-state index contributed by atoms with van der Waals surface area (Å²) in [6, 6.07) is 13.7. The Morgan fingerprint density at radius 2 is 1.93 bits per heavy atom. The molecule has 0 aliphatic rings. The van der Waals surface area contributed by atoms with Crippen molar-refractivity contribution in [3.63, 3.8) is 0 Å². The molecular weight excluding hydrogens is 369 g/mol. The lowest BCUT2D eigenvalue weighted by Gasteiger charge is -2.11. The van der Waals surface area contributed by atoms with Crippen molar-refractivity contribution in [2.24, 2.45) is 5.73 Å². The highest BCUT2D eigenvalue weighted by molar-refractivity contribution is 5.93. The number of benzene rings is 2. The third-order valence-corrected chi connectivity index (χ3v) is 4.60. The molecule has 0 bridgehead atoms. The molecule has 7 heteroatoms. The molecule has 6 nitrogen and oxygen atoms in total. The molecule has 0 saturated heterocycles. The maximum atomic E-state index is 13.2. The molecule has 2 aromatic carbocycles. The number of primary amides is 1. The minimum absolute atomic E-state index is 0.293. The van der Waals surface area contributed by atoms with E-state index in [1.807, 2.05) is 18.2 Å². The normalized spacial score (nSPS) is 10.8. The van der Waals surface area contributed by atoms with E-state index in [9.17, 15) is 9.18 Å². The molecule has 2 heterocycles. The molecule has 0 saturated carbocycles. The summed E-state index contributed by atoms with van der Waals surface area (Å²) in [6.07, 6.45) is 4.86. The van der Waals surface area contributed by atoms with E-state index in [4.69, 9.17) is 5.73 Å². The molecule has 0 aliphatic heterocycles. The highest BCUT2D eigenvalue weighted by Crippen LogP contribution is 2.25. The van der Waals surface area contributed by atoms with E-state index in [0.29, 0.717) is 17.8 Å². The summed E-state index contributed by atoms with van der Waals surface area (Å²) in [5.74, 6) is -0.811. The lowest BCUT2D eigenvalue weighted by molar-refractivity contribution is 0.1000. The van der Waals surface area contributed by atoms with E-state index in [1.165, 1.54) is 18.3 Å². The van der Waals surface area contributed by atoms with Crippen LogP contribution in [0.1, 0.15) is 21.5 Å². The minimum Gasteiger partial charge on any atom is -0.381 e. The highest BCUT2D eigenvalue weighted by atomic mass is 19.1. The number of rotatable bonds is 6. The molecule has 0 radical (unpaired) electrons. The van der Waals surface area contributed by atoms with Crippen LogP contribution in [-0.2, 0) is 6.54 Å². The second-order valence-corrected chi connectivity index (χ2v) is 6.55. The van der Waals surface area contributed by atoms with Gasteiger partial charge in [0.1, 0.15) is 5.82 Å². The lowest BCUT2D eigenvalue weighted by atomic mass is 10.1. The van der Waals surface area contributed by atoms with Crippen molar-refractivity contribution in [2.45, 2.75) is 6.54 Å². The van der Waals surface area contributed by atoms with Gasteiger partial charge in [0, 0.05) is 35.6 Å². The Bertz CT molecular complexity index is 1210. The third kappa shape index (κ3) is 3.70. The number of nitrogens with two attached hydrogens (primary N) is 1. The zero-order valence-corrected chi connectivity index (χ0v) is 15.5. The number of aromatic nitrogens is 3. The molecule has 1 amide bonds. The zero-order valence-electron chi connectivity index (χ0n) is 15.5. The van der Waals surface area contributed by atoms with Crippen molar-refractivity contribution in [1.29, 1.82) is 0 Å². The minimum atomic E-state index is -0.517. The molecule has 29 heavy (non-hydrogen) atoms. The first-order valence-corrected chi connectivity index (χ1v) is 8.92. The Morgan fingerprint density at radius 3 is 2.69 bits per heavy atom. The van der Waals surface area contributed by atoms with E-state index >= 15 is 0 Å². The van der Waals surface area contributed by atoms with Crippen molar-refractivity contribution >= 4 is 22.5 Å². The summed E-state index contributed by atoms with van der Waals surface area (Å²) in [5, 5.41) is 8.62. The van der Waals surface area contributed by atoms with Gasteiger partial charge in [0.2, 0.25) is 5.91 Å². The molecule has 0 aliphatic carbocycles. The van der Waals surface area contributed by atoms with Gasteiger partial charge < -0.3 is 11.1 Å². The van der Waals surface area contributed by atoms with Gasteiger partial charge in [0.15, 0.2) is 0 Å². The van der Waals surface area contributed by atoms with Crippen LogP contribution in [0.4, 0.5) is 4.39 Å². The van der Waals surface area contributed by atoms with Crippen LogP contribution in [0.5, 0.6) is 0 Å². The number of carbonyl (C=O) groups excluding carboxylic acids is 1. The molecule has 4 rings (SSSR count). The van der Waals surface area contributed by atoms with E-state index in [1.54, 1.807) is 35.3 Å². The van der Waals surface area contributed by atoms with Gasteiger partial charge in [-0.2, -0.15) is 5.10 Å². The molecular formula is C22H18FN5O. The molecule has 4 aromatic rings. The fourth-order valence-corrected chi connectivity index (χ4v) is 3.13. The standard InChI is InChI=1S/C22H18FN5O/c1-14(26-11-15-9-16(22(24)29)12-25-10-15)19-3-2-4-21-20(19)13-27-28(21)18-7-5-17(23)6-8-18/h2-10,12-13,26H,1,11H2,(H2,24,29). The first-order chi connectivity index (χ1) is 14.0. The molecule has 0 unspecified atom stereocenters. The van der Waals surface area contributed by atoms with Crippen LogP contribution in [0.2, 0.25) is 0 Å². The Hall–Kier alpha value is -4.00. The summed E-state index contributed by atoms with van der Waals surface area (Å²) in [6.45, 7) is 4.57. The van der Waals surface area contributed by atoms with E-state index in [0.717, 1.165) is 27.7 Å². The fourth-order valence-electron chi connectivity index (χ4n) is 3.13. The number of fused-ring (bicyclic) bond motifs is 1. The summed E-state index contributed by atoms with van der Waals surface area (Å²) in [7, 11) is 0. The zero-order chi connectivity index (χ0) is 20.4. The van der Waals surface area contributed by atoms with Crippen molar-refractivity contribution in [2.75, 3.05) is 0 Å². The number of carbonyl (C=O) groups is 1. The topological polar surface area (TPSA) is 85.8 Å². The van der Waals surface area contributed by atoms with Gasteiger partial charge in [-0.05, 0) is 42.0 Å². The summed E-state index contributed by atoms with van der Waals surface area (Å²) < 4.78 is 15.0. The largest absolute Gasteiger partial charge is 0.381 e. The summed E-state index contributed by atoms with van der Waals surface area (Å²) in [5.41, 5.74) is 9.74. The van der Waals surface area contributed by atoms with Gasteiger partial charge in [-0.15, -0.1) is 0 Å². The van der Waals surface area contributed by atoms with Crippen LogP contribution in [0.3, 0.4) is 0 Å². The van der Waals surface area contributed by atoms with Crippen LogP contribution in [-0.4, -0.2) is 20.7 Å². The molecule has 0 spiro atoms. The SMILES string of the molecule is C=C(NCc1cncc(C(N)=O)c1)c1cccc2c1cnn2-c1ccc(F)cc1. The van der Waals surface area contributed by atoms with E-state index in [-0.39, 0.29) is 5.82 Å². The number of halogens is 1. The first kappa shape index (κ1) is 18.4. The van der Waals surface area contributed by atoms with Gasteiger partial charge in [0.05, 0.1) is 23.0 Å². The quantitative estimate of drug-likeness (QED) is 0.531. The average molecular weight is 387 g/mol. The smallest absolute Gasteiger partial charge is 0.250 e. The number of hydrogen-bond donors (Lipinski definition) is 2. The predicted octanol–water partition coefficient (Wildman–Crippen LogP) is 3.42. The number of nitrogens with one attached hydrogen (secondary N) is 1. The maximum Gasteiger partial charge on any atom is 0.250 e. The van der Waals surface area contributed by atoms with Crippen molar-refractivity contribution < 1.29 is 9.18 Å². The Balaban J connectivity index is 1.59. The average Bonchev–Trinajstić information content (AvgIpc) is 3.17. The maximum absolute atomic E-state index is 13.2. The molecule has 0 fully saturated rings. The van der Waals surface area contributed by atoms with Gasteiger partial charge in [-0.3, -0.25) is 9.78 Å². The predicted molar refractivity (Wildman–Crippen MR) is 110 cm³/mol. The second-order valence-electron chi connectivity index (χ2n) is 6.55. The van der Waals surface area contributed by atoms with E-state index in [2.05, 4.69) is 22.0 Å². The lowest BCUT2D eigenvalue weighted by Crippen LogP contribution is -2.14. The van der Waals surface area contributed by atoms with Crippen molar-refractivity contribution in [3.8, 4) is 5.69 Å². The summed E-state index contributed by atoms with van der Waals surface area (Å²) >= 11 is 0.